The molecule has 0 aliphatic heterocycles. The molecule has 0 spiro atoms. The van der Waals surface area contributed by atoms with Gasteiger partial charge in [0, 0.05) is 17.2 Å². The van der Waals surface area contributed by atoms with Crippen LogP contribution in [0.1, 0.15) is 22.2 Å². The summed E-state index contributed by atoms with van der Waals surface area (Å²) in [5.41, 5.74) is 1.50. The Morgan fingerprint density at radius 3 is 2.88 bits per heavy atom. The predicted octanol–water partition coefficient (Wildman–Crippen LogP) is 2.89. The second kappa shape index (κ2) is 8.76. The Morgan fingerprint density at radius 1 is 1.44 bits per heavy atom. The Kier molecular flexibility index (Phi) is 6.43. The number of nitriles is 1. The highest BCUT2D eigenvalue weighted by molar-refractivity contribution is 7.09. The van der Waals surface area contributed by atoms with E-state index in [0.717, 1.165) is 11.3 Å². The van der Waals surface area contributed by atoms with Crippen LogP contribution in [-0.4, -0.2) is 30.5 Å². The second-order valence-electron chi connectivity index (χ2n) is 5.07. The standard InChI is InChI=1S/C18H16N2O4S/c1-12-11-25-18(20-12)15(9-19)16(21)10-24-17(22)7-6-13-4-3-5-14(8-13)23-2/h3-8,11,15H,10H2,1-2H3/b7-6+/t15-/m1/s1. The fourth-order valence-corrected chi connectivity index (χ4v) is 2.81. The van der Waals surface area contributed by atoms with Crippen LogP contribution in [0, 0.1) is 18.3 Å². The van der Waals surface area contributed by atoms with Crippen molar-refractivity contribution < 1.29 is 19.1 Å². The molecule has 6 nitrogen and oxygen atoms in total. The zero-order valence-electron chi connectivity index (χ0n) is 13.8. The first kappa shape index (κ1) is 18.4. The van der Waals surface area contributed by atoms with E-state index in [2.05, 4.69) is 4.98 Å². The summed E-state index contributed by atoms with van der Waals surface area (Å²) < 4.78 is 10.0. The highest BCUT2D eigenvalue weighted by Gasteiger charge is 2.24. The molecule has 0 amide bonds. The molecule has 2 rings (SSSR count). The average Bonchev–Trinajstić information content (AvgIpc) is 3.05. The Morgan fingerprint density at radius 2 is 2.24 bits per heavy atom. The van der Waals surface area contributed by atoms with Crippen LogP contribution in [0.5, 0.6) is 5.75 Å². The molecule has 0 aliphatic rings. The second-order valence-corrected chi connectivity index (χ2v) is 5.96. The van der Waals surface area contributed by atoms with E-state index in [1.807, 2.05) is 6.07 Å². The van der Waals surface area contributed by atoms with Crippen molar-refractivity contribution in [3.8, 4) is 11.8 Å². The summed E-state index contributed by atoms with van der Waals surface area (Å²) in [5.74, 6) is -1.52. The van der Waals surface area contributed by atoms with Gasteiger partial charge in [0.25, 0.3) is 0 Å². The SMILES string of the molecule is COc1cccc(/C=C/C(=O)OCC(=O)[C@@H](C#N)c2nc(C)cs2)c1. The maximum atomic E-state index is 12.1. The number of hydrogen-bond donors (Lipinski definition) is 0. The molecule has 0 saturated carbocycles. The molecule has 128 valence electrons. The molecule has 0 unspecified atom stereocenters. The van der Waals surface area contributed by atoms with Gasteiger partial charge < -0.3 is 9.47 Å². The number of ether oxygens (including phenoxy) is 2. The third kappa shape index (κ3) is 5.26. The van der Waals surface area contributed by atoms with Crippen LogP contribution in [0.2, 0.25) is 0 Å². The molecule has 0 bridgehead atoms. The summed E-state index contributed by atoms with van der Waals surface area (Å²) in [6, 6.07) is 9.04. The monoisotopic (exact) mass is 356 g/mol. The molecule has 0 N–H and O–H groups in total. The van der Waals surface area contributed by atoms with E-state index in [1.165, 1.54) is 17.4 Å². The number of aryl methyl sites for hydroxylation is 1. The largest absolute Gasteiger partial charge is 0.497 e. The minimum Gasteiger partial charge on any atom is -0.497 e. The van der Waals surface area contributed by atoms with Gasteiger partial charge in [0.15, 0.2) is 18.3 Å². The Bertz CT molecular complexity index is 836. The minimum atomic E-state index is -1.02. The summed E-state index contributed by atoms with van der Waals surface area (Å²) in [6.45, 7) is 1.31. The number of esters is 1. The van der Waals surface area contributed by atoms with Gasteiger partial charge >= 0.3 is 5.97 Å². The van der Waals surface area contributed by atoms with Crippen molar-refractivity contribution >= 4 is 29.2 Å². The molecule has 7 heteroatoms. The molecular formula is C18H16N2O4S. The summed E-state index contributed by atoms with van der Waals surface area (Å²) in [7, 11) is 1.55. The Hall–Kier alpha value is -2.98. The van der Waals surface area contributed by atoms with Gasteiger partial charge in [-0.2, -0.15) is 5.26 Å². The van der Waals surface area contributed by atoms with Gasteiger partial charge in [-0.25, -0.2) is 9.78 Å². The lowest BCUT2D eigenvalue weighted by atomic mass is 10.1. The van der Waals surface area contributed by atoms with Gasteiger partial charge in [-0.1, -0.05) is 12.1 Å². The molecule has 0 radical (unpaired) electrons. The van der Waals surface area contributed by atoms with E-state index >= 15 is 0 Å². The number of methoxy groups -OCH3 is 1. The summed E-state index contributed by atoms with van der Waals surface area (Å²) in [6.07, 6.45) is 2.78. The van der Waals surface area contributed by atoms with E-state index < -0.39 is 24.3 Å². The highest BCUT2D eigenvalue weighted by atomic mass is 32.1. The van der Waals surface area contributed by atoms with E-state index in [-0.39, 0.29) is 0 Å². The molecule has 2 aromatic rings. The Balaban J connectivity index is 1.91. The van der Waals surface area contributed by atoms with Gasteiger partial charge in [-0.15, -0.1) is 11.3 Å². The molecule has 25 heavy (non-hydrogen) atoms. The fourth-order valence-electron chi connectivity index (χ4n) is 1.95. The highest BCUT2D eigenvalue weighted by Crippen LogP contribution is 2.20. The number of thiazole rings is 1. The van der Waals surface area contributed by atoms with E-state index in [9.17, 15) is 9.59 Å². The lowest BCUT2D eigenvalue weighted by Gasteiger charge is -2.05. The molecule has 0 saturated heterocycles. The van der Waals surface area contributed by atoms with Crippen molar-refractivity contribution in [2.45, 2.75) is 12.8 Å². The predicted molar refractivity (Wildman–Crippen MR) is 93.2 cm³/mol. The number of hydrogen-bond acceptors (Lipinski definition) is 7. The fraction of sp³-hybridized carbons (Fsp3) is 0.222. The van der Waals surface area contributed by atoms with Crippen LogP contribution in [-0.2, 0) is 14.3 Å². The lowest BCUT2D eigenvalue weighted by Crippen LogP contribution is -2.19. The molecule has 1 aromatic heterocycles. The van der Waals surface area contributed by atoms with Crippen LogP contribution >= 0.6 is 11.3 Å². The quantitative estimate of drug-likeness (QED) is 0.560. The molecule has 1 heterocycles. The third-order valence-corrected chi connectivity index (χ3v) is 4.22. The van der Waals surface area contributed by atoms with Crippen molar-refractivity contribution in [3.63, 3.8) is 0 Å². The van der Waals surface area contributed by atoms with Gasteiger partial charge in [-0.05, 0) is 30.7 Å². The van der Waals surface area contributed by atoms with Crippen molar-refractivity contribution in [3.05, 3.63) is 52.0 Å². The van der Waals surface area contributed by atoms with Crippen LogP contribution < -0.4 is 4.74 Å². The maximum Gasteiger partial charge on any atom is 0.331 e. The molecule has 1 atom stereocenters. The number of aromatic nitrogens is 1. The van der Waals surface area contributed by atoms with Crippen molar-refractivity contribution in [2.75, 3.05) is 13.7 Å². The van der Waals surface area contributed by atoms with Gasteiger partial charge in [0.1, 0.15) is 10.8 Å². The zero-order chi connectivity index (χ0) is 18.2. The van der Waals surface area contributed by atoms with E-state index in [4.69, 9.17) is 14.7 Å². The van der Waals surface area contributed by atoms with Crippen LogP contribution in [0.25, 0.3) is 6.08 Å². The van der Waals surface area contributed by atoms with Crippen LogP contribution in [0.4, 0.5) is 0 Å². The van der Waals surface area contributed by atoms with E-state index in [0.29, 0.717) is 10.8 Å². The lowest BCUT2D eigenvalue weighted by molar-refractivity contribution is -0.143. The molecule has 0 aliphatic carbocycles. The first-order valence-electron chi connectivity index (χ1n) is 7.36. The van der Waals surface area contributed by atoms with Gasteiger partial charge in [0.2, 0.25) is 0 Å². The first-order valence-corrected chi connectivity index (χ1v) is 8.24. The molecular weight excluding hydrogens is 340 g/mol. The molecule has 0 fully saturated rings. The summed E-state index contributed by atoms with van der Waals surface area (Å²) in [5, 5.41) is 11.3. The number of ketones is 1. The smallest absolute Gasteiger partial charge is 0.331 e. The van der Waals surface area contributed by atoms with Crippen molar-refractivity contribution in [2.24, 2.45) is 0 Å². The Labute approximate surface area is 149 Å². The van der Waals surface area contributed by atoms with Gasteiger partial charge in [-0.3, -0.25) is 4.79 Å². The van der Waals surface area contributed by atoms with Crippen LogP contribution in [0.15, 0.2) is 35.7 Å². The number of carbonyl (C=O) groups is 2. The summed E-state index contributed by atoms with van der Waals surface area (Å²) in [4.78, 5) is 27.9. The van der Waals surface area contributed by atoms with Gasteiger partial charge in [0.05, 0.1) is 13.2 Å². The number of carbonyl (C=O) groups excluding carboxylic acids is 2. The molecule has 1 aromatic carbocycles. The summed E-state index contributed by atoms with van der Waals surface area (Å²) >= 11 is 1.24. The zero-order valence-corrected chi connectivity index (χ0v) is 14.6. The number of benzene rings is 1. The van der Waals surface area contributed by atoms with E-state index in [1.54, 1.807) is 49.8 Å². The number of nitrogens with zero attached hydrogens (tertiary/aromatic N) is 2. The number of rotatable bonds is 7. The average molecular weight is 356 g/mol. The number of Topliss-reactive ketones (excluding diaryl/α,β-unsaturated/α-hetero) is 1. The minimum absolute atomic E-state index is 0.410. The topological polar surface area (TPSA) is 89.3 Å². The van der Waals surface area contributed by atoms with Crippen molar-refractivity contribution in [1.82, 2.24) is 4.98 Å². The van der Waals surface area contributed by atoms with Crippen molar-refractivity contribution in [1.29, 1.82) is 5.26 Å². The normalized spacial score (nSPS) is 11.7. The van der Waals surface area contributed by atoms with Crippen LogP contribution in [0.3, 0.4) is 0 Å². The third-order valence-electron chi connectivity index (χ3n) is 3.20. The first-order chi connectivity index (χ1) is 12.0. The maximum absolute atomic E-state index is 12.1.